The molecule has 0 saturated carbocycles. The summed E-state index contributed by atoms with van der Waals surface area (Å²) >= 11 is 0. The van der Waals surface area contributed by atoms with Gasteiger partial charge in [0.05, 0.1) is 13.2 Å². The molecule has 0 bridgehead atoms. The van der Waals surface area contributed by atoms with E-state index in [0.29, 0.717) is 6.42 Å². The lowest BCUT2D eigenvalue weighted by atomic mass is 9.97. The summed E-state index contributed by atoms with van der Waals surface area (Å²) in [5.41, 5.74) is 0. The van der Waals surface area contributed by atoms with Crippen molar-refractivity contribution in [2.45, 2.75) is 74.8 Å². The summed E-state index contributed by atoms with van der Waals surface area (Å²) in [6, 6.07) is 0. The maximum absolute atomic E-state index is 10.3. The minimum Gasteiger partial charge on any atom is -0.394 e. The van der Waals surface area contributed by atoms with Crippen molar-refractivity contribution in [2.24, 2.45) is 0 Å². The van der Waals surface area contributed by atoms with Crippen molar-refractivity contribution in [3.63, 3.8) is 0 Å². The monoisotopic (exact) mass is 384 g/mol. The topological polar surface area (TPSA) is 179 Å². The normalized spacial score (nSPS) is 47.1. The molecule has 2 heterocycles. The molecular formula is C15H28O11. The first-order valence-electron chi connectivity index (χ1n) is 8.55. The summed E-state index contributed by atoms with van der Waals surface area (Å²) in [6.45, 7) is 0.885. The van der Waals surface area contributed by atoms with Crippen molar-refractivity contribution in [3.05, 3.63) is 0 Å². The number of aliphatic hydroxyl groups is 7. The molecule has 11 nitrogen and oxygen atoms in total. The molecule has 2 aliphatic heterocycles. The highest BCUT2D eigenvalue weighted by Crippen LogP contribution is 2.29. The number of hydrogen-bond donors (Lipinski definition) is 7. The number of rotatable bonds is 7. The number of ether oxygens (including phenoxy) is 4. The van der Waals surface area contributed by atoms with Crippen LogP contribution in [0.15, 0.2) is 0 Å². The summed E-state index contributed by atoms with van der Waals surface area (Å²) in [4.78, 5) is 0. The van der Waals surface area contributed by atoms with Gasteiger partial charge in [0.25, 0.3) is 0 Å². The van der Waals surface area contributed by atoms with E-state index in [1.165, 1.54) is 0 Å². The van der Waals surface area contributed by atoms with Gasteiger partial charge in [-0.15, -0.1) is 0 Å². The molecule has 10 atom stereocenters. The predicted molar refractivity (Wildman–Crippen MR) is 82.6 cm³/mol. The average Bonchev–Trinajstić information content (AvgIpc) is 2.64. The molecule has 154 valence electrons. The van der Waals surface area contributed by atoms with Gasteiger partial charge >= 0.3 is 0 Å². The summed E-state index contributed by atoms with van der Waals surface area (Å²) in [5, 5.41) is 68.7. The van der Waals surface area contributed by atoms with Gasteiger partial charge in [0.1, 0.15) is 48.8 Å². The zero-order valence-corrected chi connectivity index (χ0v) is 14.4. The minimum absolute atomic E-state index is 0.269. The van der Waals surface area contributed by atoms with Crippen LogP contribution in [0, 0.1) is 0 Å². The molecule has 2 aliphatic rings. The second-order valence-electron chi connectivity index (χ2n) is 6.38. The highest BCUT2D eigenvalue weighted by molar-refractivity contribution is 4.94. The van der Waals surface area contributed by atoms with Gasteiger partial charge in [-0.2, -0.15) is 0 Å². The third-order valence-electron chi connectivity index (χ3n) is 4.45. The fourth-order valence-electron chi connectivity index (χ4n) is 2.93. The Kier molecular flexibility index (Phi) is 8.12. The second kappa shape index (κ2) is 9.66. The molecule has 2 rings (SSSR count). The van der Waals surface area contributed by atoms with Crippen molar-refractivity contribution >= 4 is 0 Å². The van der Waals surface area contributed by atoms with Crippen LogP contribution in [-0.4, -0.2) is 117 Å². The van der Waals surface area contributed by atoms with Gasteiger partial charge in [-0.1, -0.05) is 6.92 Å². The van der Waals surface area contributed by atoms with E-state index < -0.39 is 74.6 Å². The van der Waals surface area contributed by atoms with Crippen molar-refractivity contribution in [1.29, 1.82) is 0 Å². The maximum Gasteiger partial charge on any atom is 0.187 e. The number of hydrogen-bond acceptors (Lipinski definition) is 11. The zero-order valence-electron chi connectivity index (χ0n) is 14.4. The first kappa shape index (κ1) is 21.9. The van der Waals surface area contributed by atoms with Crippen LogP contribution in [-0.2, 0) is 18.9 Å². The van der Waals surface area contributed by atoms with Gasteiger partial charge < -0.3 is 54.7 Å². The molecule has 26 heavy (non-hydrogen) atoms. The molecule has 2 fully saturated rings. The largest absolute Gasteiger partial charge is 0.394 e. The van der Waals surface area contributed by atoms with Crippen LogP contribution in [0.2, 0.25) is 0 Å². The first-order chi connectivity index (χ1) is 12.3. The van der Waals surface area contributed by atoms with Gasteiger partial charge in [-0.25, -0.2) is 0 Å². The van der Waals surface area contributed by atoms with Crippen LogP contribution in [0.4, 0.5) is 0 Å². The van der Waals surface area contributed by atoms with E-state index in [-0.39, 0.29) is 6.61 Å². The highest BCUT2D eigenvalue weighted by Gasteiger charge is 2.50. The Morgan fingerprint density at radius 2 is 1.31 bits per heavy atom. The lowest BCUT2D eigenvalue weighted by Gasteiger charge is -2.45. The molecule has 0 aliphatic carbocycles. The Balaban J connectivity index is 2.09. The van der Waals surface area contributed by atoms with E-state index >= 15 is 0 Å². The van der Waals surface area contributed by atoms with E-state index in [0.717, 1.165) is 0 Å². The van der Waals surface area contributed by atoms with E-state index in [1.54, 1.807) is 0 Å². The van der Waals surface area contributed by atoms with Crippen molar-refractivity contribution < 1.29 is 54.7 Å². The molecule has 7 N–H and O–H groups in total. The Bertz CT molecular complexity index is 420. The summed E-state index contributed by atoms with van der Waals surface area (Å²) in [5.74, 6) is 0. The quantitative estimate of drug-likeness (QED) is 0.228. The van der Waals surface area contributed by atoms with E-state index in [2.05, 4.69) is 0 Å². The van der Waals surface area contributed by atoms with Gasteiger partial charge in [-0.3, -0.25) is 0 Å². The number of aliphatic hydroxyl groups excluding tert-OH is 7. The Morgan fingerprint density at radius 1 is 0.731 bits per heavy atom. The van der Waals surface area contributed by atoms with Crippen molar-refractivity contribution in [1.82, 2.24) is 0 Å². The van der Waals surface area contributed by atoms with Crippen LogP contribution in [0.1, 0.15) is 13.3 Å². The fourth-order valence-corrected chi connectivity index (χ4v) is 2.93. The van der Waals surface area contributed by atoms with Crippen LogP contribution < -0.4 is 0 Å². The average molecular weight is 384 g/mol. The second-order valence-corrected chi connectivity index (χ2v) is 6.38. The lowest BCUT2D eigenvalue weighted by Crippen LogP contribution is -2.64. The van der Waals surface area contributed by atoms with E-state index in [1.807, 2.05) is 6.92 Å². The van der Waals surface area contributed by atoms with Crippen molar-refractivity contribution in [2.75, 3.05) is 19.8 Å². The van der Waals surface area contributed by atoms with Crippen LogP contribution in [0.25, 0.3) is 0 Å². The standard InChI is InChI=1S/C15H28O11/c1-2-3-23-14-12(22)10(20)13(7(5-17)25-14)26-15-11(21)9(19)8(18)6(4-16)24-15/h6-22H,2-5H2,1H3/t6-,7+,8-,9+,10+,11+,12+,13+,14?,15-/m0/s1. The van der Waals surface area contributed by atoms with Crippen LogP contribution in [0.3, 0.4) is 0 Å². The minimum atomic E-state index is -1.69. The molecule has 0 aromatic carbocycles. The molecule has 0 aromatic heterocycles. The maximum atomic E-state index is 10.3. The summed E-state index contributed by atoms with van der Waals surface area (Å²) in [6.07, 6.45) is -13.6. The molecule has 1 unspecified atom stereocenters. The Morgan fingerprint density at radius 3 is 1.88 bits per heavy atom. The third kappa shape index (κ3) is 4.51. The molecule has 0 spiro atoms. The van der Waals surface area contributed by atoms with Gasteiger partial charge in [0.2, 0.25) is 0 Å². The van der Waals surface area contributed by atoms with Crippen LogP contribution in [0.5, 0.6) is 0 Å². The molecule has 0 radical (unpaired) electrons. The smallest absolute Gasteiger partial charge is 0.187 e. The molecule has 2 saturated heterocycles. The van der Waals surface area contributed by atoms with Gasteiger partial charge in [0, 0.05) is 6.61 Å². The highest BCUT2D eigenvalue weighted by atomic mass is 16.7. The molecule has 0 aromatic rings. The predicted octanol–water partition coefficient (Wildman–Crippen LogP) is -3.96. The van der Waals surface area contributed by atoms with Gasteiger partial charge in [-0.05, 0) is 6.42 Å². The summed E-state index contributed by atoms with van der Waals surface area (Å²) < 4.78 is 21.3. The van der Waals surface area contributed by atoms with Crippen molar-refractivity contribution in [3.8, 4) is 0 Å². The molecule has 11 heteroatoms. The SMILES string of the molecule is CCCOC1O[C@H](CO)[C@@H](O[C@@H]2O[C@@H](CO)[C@H](O)[C@@H](O)[C@H]2O)[C@H](O)[C@H]1O. The van der Waals surface area contributed by atoms with E-state index in [9.17, 15) is 35.7 Å². The van der Waals surface area contributed by atoms with E-state index in [4.69, 9.17) is 18.9 Å². The van der Waals surface area contributed by atoms with Gasteiger partial charge in [0.15, 0.2) is 12.6 Å². The third-order valence-corrected chi connectivity index (χ3v) is 4.45. The molecular weight excluding hydrogens is 356 g/mol. The fraction of sp³-hybridized carbons (Fsp3) is 1.00. The Hall–Kier alpha value is -0.440. The zero-order chi connectivity index (χ0) is 19.4. The lowest BCUT2D eigenvalue weighted by molar-refractivity contribution is -0.359. The summed E-state index contributed by atoms with van der Waals surface area (Å²) in [7, 11) is 0. The molecule has 0 amide bonds. The first-order valence-corrected chi connectivity index (χ1v) is 8.55. The Labute approximate surface area is 150 Å². The van der Waals surface area contributed by atoms with Crippen LogP contribution >= 0.6 is 0 Å².